The van der Waals surface area contributed by atoms with Crippen molar-refractivity contribution in [2.45, 2.75) is 91.1 Å². The normalized spacial score (nSPS) is 24.7. The summed E-state index contributed by atoms with van der Waals surface area (Å²) in [6, 6.07) is 1.48. The van der Waals surface area contributed by atoms with Crippen LogP contribution in [0.4, 0.5) is 5.69 Å². The van der Waals surface area contributed by atoms with Crippen molar-refractivity contribution in [3.63, 3.8) is 0 Å². The lowest BCUT2D eigenvalue weighted by Gasteiger charge is -2.57. The van der Waals surface area contributed by atoms with Gasteiger partial charge in [0.2, 0.25) is 0 Å². The molecule has 0 radical (unpaired) electrons. The smallest absolute Gasteiger partial charge is 0.128 e. The fourth-order valence-electron chi connectivity index (χ4n) is 5.33. The van der Waals surface area contributed by atoms with Crippen molar-refractivity contribution in [3.8, 4) is 0 Å². The Morgan fingerprint density at radius 3 is 2.28 bits per heavy atom. The second kappa shape index (κ2) is 10.0. The Labute approximate surface area is 177 Å². The summed E-state index contributed by atoms with van der Waals surface area (Å²) < 4.78 is 0. The largest absolute Gasteiger partial charge is 0.366 e. The summed E-state index contributed by atoms with van der Waals surface area (Å²) in [6.45, 7) is 11.6. The van der Waals surface area contributed by atoms with Crippen LogP contribution in [0.3, 0.4) is 0 Å². The summed E-state index contributed by atoms with van der Waals surface area (Å²) in [4.78, 5) is 23.7. The lowest BCUT2D eigenvalue weighted by Crippen LogP contribution is -2.61. The number of aryl methyl sites for hydroxylation is 1. The zero-order valence-corrected chi connectivity index (χ0v) is 18.9. The van der Waals surface area contributed by atoms with Crippen molar-refractivity contribution < 1.29 is 4.79 Å². The number of carbonyl (C=O) groups is 1. The van der Waals surface area contributed by atoms with Gasteiger partial charge in [-0.2, -0.15) is 0 Å². The Morgan fingerprint density at radius 1 is 1.14 bits per heavy atom. The van der Waals surface area contributed by atoms with Crippen LogP contribution in [-0.4, -0.2) is 52.9 Å². The van der Waals surface area contributed by atoms with E-state index in [0.29, 0.717) is 6.04 Å². The van der Waals surface area contributed by atoms with Gasteiger partial charge in [-0.1, -0.05) is 40.0 Å². The zero-order valence-electron chi connectivity index (χ0n) is 18.9. The summed E-state index contributed by atoms with van der Waals surface area (Å²) in [5.41, 5.74) is 1.93. The van der Waals surface area contributed by atoms with Crippen LogP contribution in [0, 0.1) is 11.3 Å². The molecule has 5 nitrogen and oxygen atoms in total. The minimum absolute atomic E-state index is 0.204. The molecule has 0 amide bonds. The maximum atomic E-state index is 9.50. The van der Waals surface area contributed by atoms with E-state index in [4.69, 9.17) is 0 Å². The fourth-order valence-corrected chi connectivity index (χ4v) is 5.33. The maximum Gasteiger partial charge on any atom is 0.128 e. The third kappa shape index (κ3) is 5.56. The molecule has 2 aliphatic carbocycles. The van der Waals surface area contributed by atoms with Gasteiger partial charge in [0.25, 0.3) is 0 Å². The van der Waals surface area contributed by atoms with Gasteiger partial charge >= 0.3 is 0 Å². The van der Waals surface area contributed by atoms with E-state index < -0.39 is 0 Å². The quantitative estimate of drug-likeness (QED) is 0.696. The number of nitrogens with zero attached hydrogens (tertiary/aromatic N) is 4. The first kappa shape index (κ1) is 22.2. The summed E-state index contributed by atoms with van der Waals surface area (Å²) in [5.74, 6) is 1.15. The predicted octanol–water partition coefficient (Wildman–Crippen LogP) is 4.50. The van der Waals surface area contributed by atoms with Crippen molar-refractivity contribution in [2.24, 2.45) is 11.3 Å². The van der Waals surface area contributed by atoms with E-state index in [0.717, 1.165) is 43.1 Å². The van der Waals surface area contributed by atoms with Crippen LogP contribution in [-0.2, 0) is 11.2 Å². The third-order valence-electron chi connectivity index (χ3n) is 7.04. The molecule has 162 valence electrons. The van der Waals surface area contributed by atoms with Crippen LogP contribution in [0.2, 0.25) is 0 Å². The average Bonchev–Trinajstić information content (AvgIpc) is 2.73. The molecule has 2 saturated carbocycles. The van der Waals surface area contributed by atoms with E-state index in [1.165, 1.54) is 57.2 Å². The molecule has 1 saturated heterocycles. The van der Waals surface area contributed by atoms with E-state index in [9.17, 15) is 4.79 Å². The number of rotatable bonds is 4. The van der Waals surface area contributed by atoms with Crippen molar-refractivity contribution in [3.05, 3.63) is 18.2 Å². The SMILES string of the molecule is CC(C)C=O.CCc1ncc(N2CCN(C3CC4(CCCCC4)C3)[C@@H](C)C2)cn1. The highest BCUT2D eigenvalue weighted by atomic mass is 16.1. The molecule has 2 heterocycles. The molecular formula is C24H40N4O. The molecule has 5 heteroatoms. The van der Waals surface area contributed by atoms with Crippen LogP contribution in [0.25, 0.3) is 0 Å². The molecule has 1 aliphatic heterocycles. The van der Waals surface area contributed by atoms with Gasteiger partial charge in [-0.15, -0.1) is 0 Å². The first-order valence-corrected chi connectivity index (χ1v) is 11.7. The Bertz CT molecular complexity index is 631. The number of anilines is 1. The monoisotopic (exact) mass is 400 g/mol. The maximum absolute atomic E-state index is 9.50. The Balaban J connectivity index is 0.000000431. The van der Waals surface area contributed by atoms with Crippen molar-refractivity contribution in [1.29, 1.82) is 0 Å². The molecule has 3 aliphatic rings. The van der Waals surface area contributed by atoms with Gasteiger partial charge in [0, 0.05) is 44.1 Å². The second-order valence-electron chi connectivity index (χ2n) is 9.75. The molecule has 4 rings (SSSR count). The van der Waals surface area contributed by atoms with E-state index >= 15 is 0 Å². The lowest BCUT2D eigenvalue weighted by atomic mass is 9.58. The first-order valence-electron chi connectivity index (χ1n) is 11.7. The van der Waals surface area contributed by atoms with Crippen molar-refractivity contribution >= 4 is 12.0 Å². The molecule has 29 heavy (non-hydrogen) atoms. The molecule has 0 unspecified atom stereocenters. The minimum atomic E-state index is 0.204. The van der Waals surface area contributed by atoms with Crippen LogP contribution in [0.15, 0.2) is 12.4 Å². The first-order chi connectivity index (χ1) is 14.0. The predicted molar refractivity (Wildman–Crippen MR) is 119 cm³/mol. The van der Waals surface area contributed by atoms with Crippen LogP contribution in [0.1, 0.15) is 78.5 Å². The minimum Gasteiger partial charge on any atom is -0.366 e. The summed E-state index contributed by atoms with van der Waals surface area (Å²) >= 11 is 0. The van der Waals surface area contributed by atoms with Crippen molar-refractivity contribution in [1.82, 2.24) is 14.9 Å². The number of aldehydes is 1. The molecule has 0 bridgehead atoms. The van der Waals surface area contributed by atoms with Crippen LogP contribution in [0.5, 0.6) is 0 Å². The highest BCUT2D eigenvalue weighted by molar-refractivity contribution is 5.51. The highest BCUT2D eigenvalue weighted by Gasteiger charge is 2.47. The molecule has 1 atom stereocenters. The molecule has 1 aromatic rings. The number of hydrogen-bond acceptors (Lipinski definition) is 5. The Morgan fingerprint density at radius 2 is 1.76 bits per heavy atom. The molecule has 0 N–H and O–H groups in total. The molecule has 3 fully saturated rings. The summed E-state index contributed by atoms with van der Waals surface area (Å²) in [7, 11) is 0. The van der Waals surface area contributed by atoms with Crippen molar-refractivity contribution in [2.75, 3.05) is 24.5 Å². The third-order valence-corrected chi connectivity index (χ3v) is 7.04. The fraction of sp³-hybridized carbons (Fsp3) is 0.792. The van der Waals surface area contributed by atoms with Crippen LogP contribution >= 0.6 is 0 Å². The number of carbonyl (C=O) groups excluding carboxylic acids is 1. The number of piperazine rings is 1. The van der Waals surface area contributed by atoms with Gasteiger partial charge in [0.15, 0.2) is 0 Å². The standard InChI is InChI=1S/C20H32N4.C4H8O/c1-3-19-21-13-18(14-22-19)23-9-10-24(16(2)15-23)17-11-20(12-17)7-5-4-6-8-20;1-4(2)3-5/h13-14,16-17H,3-12,15H2,1-2H3;3-4H,1-2H3/t16-;/m0./s1. The molecular weight excluding hydrogens is 360 g/mol. The van der Waals surface area contributed by atoms with Gasteiger partial charge in [0.05, 0.1) is 18.1 Å². The average molecular weight is 401 g/mol. The molecule has 1 aromatic heterocycles. The molecule has 1 spiro atoms. The molecule has 0 aromatic carbocycles. The van der Waals surface area contributed by atoms with Gasteiger partial charge < -0.3 is 9.69 Å². The van der Waals surface area contributed by atoms with E-state index in [1.54, 1.807) is 0 Å². The van der Waals surface area contributed by atoms with Gasteiger partial charge in [-0.05, 0) is 38.0 Å². The number of aromatic nitrogens is 2. The highest BCUT2D eigenvalue weighted by Crippen LogP contribution is 2.53. The van der Waals surface area contributed by atoms with Crippen LogP contribution < -0.4 is 4.90 Å². The van der Waals surface area contributed by atoms with Gasteiger partial charge in [0.1, 0.15) is 12.1 Å². The van der Waals surface area contributed by atoms with E-state index in [2.05, 4.69) is 33.6 Å². The topological polar surface area (TPSA) is 49.3 Å². The summed E-state index contributed by atoms with van der Waals surface area (Å²) in [6.07, 6.45) is 16.2. The van der Waals surface area contributed by atoms with E-state index in [-0.39, 0.29) is 5.92 Å². The van der Waals surface area contributed by atoms with Gasteiger partial charge in [-0.25, -0.2) is 9.97 Å². The number of hydrogen-bond donors (Lipinski definition) is 0. The zero-order chi connectivity index (χ0) is 20.9. The Hall–Kier alpha value is -1.49. The summed E-state index contributed by atoms with van der Waals surface area (Å²) in [5, 5.41) is 0. The van der Waals surface area contributed by atoms with Gasteiger partial charge in [-0.3, -0.25) is 4.90 Å². The lowest BCUT2D eigenvalue weighted by molar-refractivity contribution is -0.110. The Kier molecular flexibility index (Phi) is 7.66. The van der Waals surface area contributed by atoms with E-state index in [1.807, 2.05) is 26.2 Å². The second-order valence-corrected chi connectivity index (χ2v) is 9.75.